The summed E-state index contributed by atoms with van der Waals surface area (Å²) in [6, 6.07) is 61.6. The molecule has 0 radical (unpaired) electrons. The number of nitrogens with one attached hydrogen (secondary N) is 1. The van der Waals surface area contributed by atoms with Gasteiger partial charge in [-0.3, -0.25) is 0 Å². The van der Waals surface area contributed by atoms with Crippen LogP contribution in [0.1, 0.15) is 16.7 Å². The second-order valence-electron chi connectivity index (χ2n) is 12.1. The van der Waals surface area contributed by atoms with Gasteiger partial charge in [0.05, 0.1) is 5.71 Å². The van der Waals surface area contributed by atoms with E-state index in [0.717, 1.165) is 60.9 Å². The van der Waals surface area contributed by atoms with E-state index in [0.29, 0.717) is 23.2 Å². The standard InChI is InChI=1S/C46H32N4/c47-43(35-19-9-3-10-20-35)31-42(33-17-7-2-8-18-33)40-26-14-23-34-27-28-39(30-41(34)40)46-49-44(36-21-11-4-12-22-36)48-45(50-46)38-25-13-24-37(29-38)32-15-5-1-6-16-32/h1-31,47H/b42-31-,47-43?. The van der Waals surface area contributed by atoms with Crippen molar-refractivity contribution in [3.05, 3.63) is 205 Å². The van der Waals surface area contributed by atoms with Gasteiger partial charge in [-0.05, 0) is 62.4 Å². The molecule has 7 aromatic carbocycles. The van der Waals surface area contributed by atoms with E-state index in [9.17, 15) is 0 Å². The van der Waals surface area contributed by atoms with Crippen molar-refractivity contribution in [2.24, 2.45) is 0 Å². The largest absolute Gasteiger partial charge is 0.300 e. The van der Waals surface area contributed by atoms with E-state index in [1.54, 1.807) is 0 Å². The second kappa shape index (κ2) is 13.8. The van der Waals surface area contributed by atoms with E-state index in [2.05, 4.69) is 84.9 Å². The van der Waals surface area contributed by atoms with Crippen molar-refractivity contribution < 1.29 is 0 Å². The van der Waals surface area contributed by atoms with Crippen LogP contribution in [0.5, 0.6) is 0 Å². The quantitative estimate of drug-likeness (QED) is 0.168. The minimum absolute atomic E-state index is 0.449. The lowest BCUT2D eigenvalue weighted by Crippen LogP contribution is -2.01. The predicted octanol–water partition coefficient (Wildman–Crippen LogP) is 11.2. The smallest absolute Gasteiger partial charge is 0.164 e. The molecule has 0 spiro atoms. The number of allylic oxidation sites excluding steroid dienone is 1. The maximum atomic E-state index is 9.02. The number of fused-ring (bicyclic) bond motifs is 1. The molecule has 4 heteroatoms. The summed E-state index contributed by atoms with van der Waals surface area (Å²) >= 11 is 0. The van der Waals surface area contributed by atoms with E-state index in [-0.39, 0.29) is 0 Å². The van der Waals surface area contributed by atoms with Crippen LogP contribution >= 0.6 is 0 Å². The molecule has 0 atom stereocenters. The van der Waals surface area contributed by atoms with Crippen molar-refractivity contribution in [3.8, 4) is 45.3 Å². The zero-order valence-electron chi connectivity index (χ0n) is 27.2. The number of benzene rings is 7. The molecule has 0 saturated heterocycles. The van der Waals surface area contributed by atoms with Gasteiger partial charge < -0.3 is 5.41 Å². The molecular weight excluding hydrogens is 609 g/mol. The minimum Gasteiger partial charge on any atom is -0.300 e. The van der Waals surface area contributed by atoms with Gasteiger partial charge in [0.15, 0.2) is 17.5 Å². The van der Waals surface area contributed by atoms with Gasteiger partial charge in [-0.1, -0.05) is 170 Å². The third kappa shape index (κ3) is 6.38. The van der Waals surface area contributed by atoms with E-state index >= 15 is 0 Å². The number of aromatic nitrogens is 3. The lowest BCUT2D eigenvalue weighted by Gasteiger charge is -2.14. The number of hydrogen-bond donors (Lipinski definition) is 1. The van der Waals surface area contributed by atoms with E-state index in [1.165, 1.54) is 0 Å². The summed E-state index contributed by atoms with van der Waals surface area (Å²) in [6.07, 6.45) is 1.97. The SMILES string of the molecule is N=C(/C=C(/c1ccccc1)c1cccc2ccc(-c3nc(-c4ccccc4)nc(-c4cccc(-c5ccccc5)c4)n3)cc12)c1ccccc1. The summed E-state index contributed by atoms with van der Waals surface area (Å²) in [5, 5.41) is 11.2. The maximum Gasteiger partial charge on any atom is 0.164 e. The predicted molar refractivity (Wildman–Crippen MR) is 206 cm³/mol. The Balaban J connectivity index is 1.29. The van der Waals surface area contributed by atoms with Gasteiger partial charge in [0, 0.05) is 16.7 Å². The molecule has 8 rings (SSSR count). The zero-order chi connectivity index (χ0) is 33.7. The highest BCUT2D eigenvalue weighted by atomic mass is 15.0. The molecule has 0 aliphatic rings. The maximum absolute atomic E-state index is 9.02. The Bertz CT molecular complexity index is 2470. The molecule has 0 amide bonds. The van der Waals surface area contributed by atoms with Crippen LogP contribution in [0.2, 0.25) is 0 Å². The first-order chi connectivity index (χ1) is 24.7. The van der Waals surface area contributed by atoms with Crippen molar-refractivity contribution in [2.75, 3.05) is 0 Å². The van der Waals surface area contributed by atoms with E-state index < -0.39 is 0 Å². The topological polar surface area (TPSA) is 62.5 Å². The highest BCUT2D eigenvalue weighted by Crippen LogP contribution is 2.34. The van der Waals surface area contributed by atoms with Gasteiger partial charge in [0.2, 0.25) is 0 Å². The molecule has 1 aromatic heterocycles. The van der Waals surface area contributed by atoms with Crippen LogP contribution < -0.4 is 0 Å². The molecule has 0 aliphatic carbocycles. The second-order valence-corrected chi connectivity index (χ2v) is 12.1. The highest BCUT2D eigenvalue weighted by molar-refractivity contribution is 6.13. The fourth-order valence-corrected chi connectivity index (χ4v) is 6.25. The molecule has 8 aromatic rings. The molecule has 1 heterocycles. The van der Waals surface area contributed by atoms with Crippen LogP contribution in [-0.4, -0.2) is 20.7 Å². The van der Waals surface area contributed by atoms with E-state index in [1.807, 2.05) is 103 Å². The number of hydrogen-bond acceptors (Lipinski definition) is 4. The molecule has 4 nitrogen and oxygen atoms in total. The Morgan fingerprint density at radius 2 is 0.900 bits per heavy atom. The fourth-order valence-electron chi connectivity index (χ4n) is 6.25. The Hall–Kier alpha value is -6.78. The molecule has 0 saturated carbocycles. The molecule has 50 heavy (non-hydrogen) atoms. The molecular formula is C46H32N4. The Labute approximate surface area is 291 Å². The summed E-state index contributed by atoms with van der Waals surface area (Å²) in [6.45, 7) is 0. The first kappa shape index (κ1) is 30.5. The van der Waals surface area contributed by atoms with Crippen LogP contribution in [0.3, 0.4) is 0 Å². The lowest BCUT2D eigenvalue weighted by molar-refractivity contribution is 1.07. The van der Waals surface area contributed by atoms with Crippen molar-refractivity contribution in [1.82, 2.24) is 15.0 Å². The first-order valence-corrected chi connectivity index (χ1v) is 16.6. The lowest BCUT2D eigenvalue weighted by atomic mass is 9.90. The van der Waals surface area contributed by atoms with Gasteiger partial charge >= 0.3 is 0 Å². The minimum atomic E-state index is 0.449. The van der Waals surface area contributed by atoms with Crippen LogP contribution in [0.4, 0.5) is 0 Å². The molecule has 0 fully saturated rings. The molecule has 0 bridgehead atoms. The zero-order valence-corrected chi connectivity index (χ0v) is 27.2. The van der Waals surface area contributed by atoms with Crippen LogP contribution in [-0.2, 0) is 0 Å². The average Bonchev–Trinajstić information content (AvgIpc) is 3.20. The first-order valence-electron chi connectivity index (χ1n) is 16.6. The Kier molecular flexibility index (Phi) is 8.40. The van der Waals surface area contributed by atoms with Crippen LogP contribution in [0.25, 0.3) is 61.6 Å². The Morgan fingerprint density at radius 3 is 1.56 bits per heavy atom. The summed E-state index contributed by atoms with van der Waals surface area (Å²) in [5.41, 5.74) is 9.32. The van der Waals surface area contributed by atoms with Gasteiger partial charge in [0.25, 0.3) is 0 Å². The summed E-state index contributed by atoms with van der Waals surface area (Å²) in [5.74, 6) is 1.82. The fraction of sp³-hybridized carbons (Fsp3) is 0. The van der Waals surface area contributed by atoms with Crippen LogP contribution in [0, 0.1) is 5.41 Å². The highest BCUT2D eigenvalue weighted by Gasteiger charge is 2.16. The normalized spacial score (nSPS) is 11.4. The van der Waals surface area contributed by atoms with E-state index in [4.69, 9.17) is 20.4 Å². The summed E-state index contributed by atoms with van der Waals surface area (Å²) < 4.78 is 0. The third-order valence-corrected chi connectivity index (χ3v) is 8.78. The Morgan fingerprint density at radius 1 is 0.400 bits per heavy atom. The van der Waals surface area contributed by atoms with Gasteiger partial charge in [-0.2, -0.15) is 0 Å². The van der Waals surface area contributed by atoms with Crippen LogP contribution in [0.15, 0.2) is 188 Å². The van der Waals surface area contributed by atoms with Gasteiger partial charge in [-0.15, -0.1) is 0 Å². The molecule has 0 aliphatic heterocycles. The monoisotopic (exact) mass is 640 g/mol. The summed E-state index contributed by atoms with van der Waals surface area (Å²) in [7, 11) is 0. The average molecular weight is 641 g/mol. The summed E-state index contributed by atoms with van der Waals surface area (Å²) in [4.78, 5) is 15.1. The van der Waals surface area contributed by atoms with Crippen molar-refractivity contribution in [3.63, 3.8) is 0 Å². The number of nitrogens with zero attached hydrogens (tertiary/aromatic N) is 3. The molecule has 0 unspecified atom stereocenters. The van der Waals surface area contributed by atoms with Crippen molar-refractivity contribution >= 4 is 22.1 Å². The van der Waals surface area contributed by atoms with Crippen molar-refractivity contribution in [1.29, 1.82) is 5.41 Å². The molecule has 236 valence electrons. The third-order valence-electron chi connectivity index (χ3n) is 8.78. The van der Waals surface area contributed by atoms with Gasteiger partial charge in [-0.25, -0.2) is 15.0 Å². The number of rotatable bonds is 8. The molecule has 1 N–H and O–H groups in total. The van der Waals surface area contributed by atoms with Crippen molar-refractivity contribution in [2.45, 2.75) is 0 Å². The van der Waals surface area contributed by atoms with Gasteiger partial charge in [0.1, 0.15) is 0 Å².